The molecule has 0 saturated heterocycles. The monoisotopic (exact) mass is 770 g/mol. The molecule has 0 saturated carbocycles. The molecule has 0 aliphatic carbocycles. The first-order chi connectivity index (χ1) is 26.7. The lowest BCUT2D eigenvalue weighted by Crippen LogP contribution is -2.28. The number of hydrogen-bond donors (Lipinski definition) is 1. The van der Waals surface area contributed by atoms with Crippen molar-refractivity contribution in [3.63, 3.8) is 0 Å². The maximum atomic E-state index is 11.9. The van der Waals surface area contributed by atoms with Crippen LogP contribution in [0.5, 0.6) is 0 Å². The normalized spacial score (nSPS) is 11.2. The first-order valence-electron chi connectivity index (χ1n) is 20.9. The van der Waals surface area contributed by atoms with Crippen molar-refractivity contribution in [3.05, 3.63) is 35.9 Å². The highest BCUT2D eigenvalue weighted by Gasteiger charge is 2.04. The van der Waals surface area contributed by atoms with Crippen LogP contribution in [0.2, 0.25) is 0 Å². The third-order valence-electron chi connectivity index (χ3n) is 8.44. The van der Waals surface area contributed by atoms with Gasteiger partial charge in [-0.2, -0.15) is 0 Å². The number of benzene rings is 1. The Hall–Kier alpha value is -2.32. The number of esters is 1. The minimum absolute atomic E-state index is 0.134. The zero-order chi connectivity index (χ0) is 38.7. The lowest BCUT2D eigenvalue weighted by atomic mass is 10.0. The van der Waals surface area contributed by atoms with E-state index in [1.807, 2.05) is 30.3 Å². The standard InChI is InChI=1S/C42H75NO11/c1-2-3-4-5-6-7-8-9-10-11-12-13-14-15-19-22-41(44)53-38-37-52-36-35-51-34-33-50-32-31-49-30-29-48-28-27-47-26-25-46-24-23-43-42(45)54-39-40-20-17-16-18-21-40/h16-18,20-21H,2-15,19,22-39H2,1H3,(H,43,45). The van der Waals surface area contributed by atoms with Gasteiger partial charge >= 0.3 is 12.1 Å². The van der Waals surface area contributed by atoms with Gasteiger partial charge in [-0.1, -0.05) is 127 Å². The molecule has 12 nitrogen and oxygen atoms in total. The van der Waals surface area contributed by atoms with Crippen LogP contribution in [0.25, 0.3) is 0 Å². The summed E-state index contributed by atoms with van der Waals surface area (Å²) >= 11 is 0. The molecule has 0 bridgehead atoms. The molecule has 1 aromatic carbocycles. The van der Waals surface area contributed by atoms with E-state index in [4.69, 9.17) is 42.6 Å². The summed E-state index contributed by atoms with van der Waals surface area (Å²) in [5.74, 6) is -0.134. The molecule has 314 valence electrons. The summed E-state index contributed by atoms with van der Waals surface area (Å²) in [5, 5.41) is 2.65. The number of hydrogen-bond acceptors (Lipinski definition) is 11. The Bertz CT molecular complexity index is 925. The predicted octanol–water partition coefficient (Wildman–Crippen LogP) is 7.83. The predicted molar refractivity (Wildman–Crippen MR) is 211 cm³/mol. The second-order valence-electron chi connectivity index (χ2n) is 13.2. The topological polar surface area (TPSA) is 129 Å². The van der Waals surface area contributed by atoms with Crippen molar-refractivity contribution < 1.29 is 52.2 Å². The Morgan fingerprint density at radius 3 is 1.24 bits per heavy atom. The molecule has 12 heteroatoms. The maximum Gasteiger partial charge on any atom is 0.407 e. The third kappa shape index (κ3) is 38.0. The van der Waals surface area contributed by atoms with Crippen molar-refractivity contribution in [1.82, 2.24) is 5.32 Å². The Morgan fingerprint density at radius 2 is 0.815 bits per heavy atom. The molecule has 1 amide bonds. The summed E-state index contributed by atoms with van der Waals surface area (Å²) in [5.41, 5.74) is 0.938. The molecule has 0 fully saturated rings. The van der Waals surface area contributed by atoms with Gasteiger partial charge in [0, 0.05) is 13.0 Å². The van der Waals surface area contributed by atoms with Crippen molar-refractivity contribution in [2.24, 2.45) is 0 Å². The van der Waals surface area contributed by atoms with E-state index in [9.17, 15) is 9.59 Å². The molecule has 0 spiro atoms. The molecule has 0 atom stereocenters. The minimum Gasteiger partial charge on any atom is -0.463 e. The number of ether oxygens (including phenoxy) is 9. The van der Waals surface area contributed by atoms with Crippen molar-refractivity contribution in [3.8, 4) is 0 Å². The number of unbranched alkanes of at least 4 members (excludes halogenated alkanes) is 14. The largest absolute Gasteiger partial charge is 0.463 e. The van der Waals surface area contributed by atoms with E-state index in [1.54, 1.807) is 0 Å². The summed E-state index contributed by atoms with van der Waals surface area (Å²) in [4.78, 5) is 23.6. The van der Waals surface area contributed by atoms with E-state index >= 15 is 0 Å². The fourth-order valence-corrected chi connectivity index (χ4v) is 5.35. The Labute approximate surface area is 326 Å². The van der Waals surface area contributed by atoms with Gasteiger partial charge in [0.1, 0.15) is 13.2 Å². The fourth-order valence-electron chi connectivity index (χ4n) is 5.35. The van der Waals surface area contributed by atoms with Crippen molar-refractivity contribution in [2.75, 3.05) is 106 Å². The van der Waals surface area contributed by atoms with Crippen molar-refractivity contribution >= 4 is 12.1 Å². The molecule has 54 heavy (non-hydrogen) atoms. The van der Waals surface area contributed by atoms with Crippen LogP contribution in [-0.2, 0) is 54.0 Å². The summed E-state index contributed by atoms with van der Waals surface area (Å²) in [6.07, 6.45) is 19.7. The number of carbonyl (C=O) groups excluding carboxylic acids is 2. The average Bonchev–Trinajstić information content (AvgIpc) is 3.19. The summed E-state index contributed by atoms with van der Waals surface area (Å²) in [6, 6.07) is 9.51. The molecule has 1 N–H and O–H groups in total. The molecule has 0 heterocycles. The van der Waals surface area contributed by atoms with Gasteiger partial charge in [-0.3, -0.25) is 4.79 Å². The van der Waals surface area contributed by atoms with E-state index in [0.717, 1.165) is 18.4 Å². The molecule has 1 rings (SSSR count). The third-order valence-corrected chi connectivity index (χ3v) is 8.44. The first-order valence-corrected chi connectivity index (χ1v) is 20.9. The van der Waals surface area contributed by atoms with Crippen molar-refractivity contribution in [1.29, 1.82) is 0 Å². The quantitative estimate of drug-likeness (QED) is 0.0516. The second kappa shape index (κ2) is 41.8. The minimum atomic E-state index is -0.469. The molecule has 0 aliphatic heterocycles. The van der Waals surface area contributed by atoms with Crippen LogP contribution < -0.4 is 5.32 Å². The number of alkyl carbamates (subject to hydrolysis) is 1. The summed E-state index contributed by atoms with van der Waals surface area (Å²) in [6.45, 7) is 9.54. The SMILES string of the molecule is CCCCCCCCCCCCCCCCCC(=O)OCCOCCOCCOCCOCCOCCOCCOCCNC(=O)OCc1ccccc1. The molecular formula is C42H75NO11. The number of nitrogens with one attached hydrogen (secondary N) is 1. The zero-order valence-electron chi connectivity index (χ0n) is 33.7. The zero-order valence-corrected chi connectivity index (χ0v) is 33.7. The van der Waals surface area contributed by atoms with Gasteiger partial charge in [-0.25, -0.2) is 4.79 Å². The number of rotatable bonds is 42. The highest BCUT2D eigenvalue weighted by molar-refractivity contribution is 5.69. The summed E-state index contributed by atoms with van der Waals surface area (Å²) in [7, 11) is 0. The van der Waals surface area contributed by atoms with Crippen LogP contribution in [0.1, 0.15) is 115 Å². The van der Waals surface area contributed by atoms with Gasteiger partial charge in [-0.15, -0.1) is 0 Å². The van der Waals surface area contributed by atoms with Gasteiger partial charge in [0.15, 0.2) is 0 Å². The number of carbonyl (C=O) groups is 2. The van der Waals surface area contributed by atoms with E-state index < -0.39 is 6.09 Å². The highest BCUT2D eigenvalue weighted by atomic mass is 16.6. The lowest BCUT2D eigenvalue weighted by Gasteiger charge is -2.09. The molecule has 1 aromatic rings. The fraction of sp³-hybridized carbons (Fsp3) is 0.810. The van der Waals surface area contributed by atoms with Crippen LogP contribution in [0, 0.1) is 0 Å². The van der Waals surface area contributed by atoms with Gasteiger partial charge in [-0.05, 0) is 12.0 Å². The van der Waals surface area contributed by atoms with Crippen molar-refractivity contribution in [2.45, 2.75) is 116 Å². The Balaban J connectivity index is 1.66. The van der Waals surface area contributed by atoms with Crippen LogP contribution in [0.4, 0.5) is 4.79 Å². The molecule has 0 unspecified atom stereocenters. The van der Waals surface area contributed by atoms with Crippen LogP contribution in [-0.4, -0.2) is 118 Å². The Morgan fingerprint density at radius 1 is 0.444 bits per heavy atom. The first kappa shape index (κ1) is 49.7. The summed E-state index contributed by atoms with van der Waals surface area (Å²) < 4.78 is 48.7. The van der Waals surface area contributed by atoms with Gasteiger partial charge in [0.25, 0.3) is 0 Å². The highest BCUT2D eigenvalue weighted by Crippen LogP contribution is 2.14. The molecule has 0 aliphatic rings. The van der Waals surface area contributed by atoms with Crippen LogP contribution in [0.3, 0.4) is 0 Å². The lowest BCUT2D eigenvalue weighted by molar-refractivity contribution is -0.145. The number of amides is 1. The average molecular weight is 770 g/mol. The maximum absolute atomic E-state index is 11.9. The van der Waals surface area contributed by atoms with Crippen LogP contribution >= 0.6 is 0 Å². The van der Waals surface area contributed by atoms with E-state index in [0.29, 0.717) is 105 Å². The van der Waals surface area contributed by atoms with Gasteiger partial charge in [0.2, 0.25) is 0 Å². The van der Waals surface area contributed by atoms with Gasteiger partial charge < -0.3 is 47.9 Å². The van der Waals surface area contributed by atoms with Crippen LogP contribution in [0.15, 0.2) is 30.3 Å². The van der Waals surface area contributed by atoms with E-state index in [2.05, 4.69) is 12.2 Å². The van der Waals surface area contributed by atoms with E-state index in [-0.39, 0.29) is 19.2 Å². The van der Waals surface area contributed by atoms with E-state index in [1.165, 1.54) is 83.5 Å². The molecule has 0 radical (unpaired) electrons. The second-order valence-corrected chi connectivity index (χ2v) is 13.2. The smallest absolute Gasteiger partial charge is 0.407 e. The Kier molecular flexibility index (Phi) is 38.5. The van der Waals surface area contributed by atoms with Gasteiger partial charge in [0.05, 0.1) is 92.5 Å². The molecular weight excluding hydrogens is 694 g/mol. The molecule has 0 aromatic heterocycles.